The zero-order chi connectivity index (χ0) is 18.5. The molecule has 0 unspecified atom stereocenters. The molecule has 1 amide bonds. The second-order valence-electron chi connectivity index (χ2n) is 5.79. The maximum atomic E-state index is 12.8. The second kappa shape index (κ2) is 8.13. The van der Waals surface area contributed by atoms with E-state index in [9.17, 15) is 9.18 Å². The molecule has 3 rings (SSSR count). The van der Waals surface area contributed by atoms with Crippen LogP contribution in [0.4, 0.5) is 10.4 Å². The summed E-state index contributed by atoms with van der Waals surface area (Å²) in [5.74, 6) is 0.289. The third kappa shape index (κ3) is 4.69. The zero-order valence-electron chi connectivity index (χ0n) is 14.3. The van der Waals surface area contributed by atoms with Crippen molar-refractivity contribution in [3.05, 3.63) is 42.3 Å². The van der Waals surface area contributed by atoms with Crippen LogP contribution in [0, 0.1) is 5.82 Å². The van der Waals surface area contributed by atoms with Gasteiger partial charge in [0.2, 0.25) is 5.91 Å². The number of nitrogens with one attached hydrogen (secondary N) is 1. The number of anilines is 1. The van der Waals surface area contributed by atoms with Crippen molar-refractivity contribution >= 4 is 23.7 Å². The molecule has 1 N–H and O–H groups in total. The molecule has 0 aliphatic rings. The minimum absolute atomic E-state index is 0.0379. The van der Waals surface area contributed by atoms with Crippen LogP contribution in [0.2, 0.25) is 0 Å². The van der Waals surface area contributed by atoms with Crippen molar-refractivity contribution in [1.29, 1.82) is 0 Å². The highest BCUT2D eigenvalue weighted by molar-refractivity contribution is 7.99. The largest absolute Gasteiger partial charge is 0.401 e. The lowest BCUT2D eigenvalue weighted by molar-refractivity contribution is -0.115. The normalized spacial score (nSPS) is 11.1. The predicted octanol–water partition coefficient (Wildman–Crippen LogP) is 3.77. The summed E-state index contributed by atoms with van der Waals surface area (Å²) in [5.41, 5.74) is 0.554. The molecule has 136 valence electrons. The van der Waals surface area contributed by atoms with Crippen LogP contribution in [0.15, 0.2) is 45.8 Å². The Morgan fingerprint density at radius 2 is 2.04 bits per heavy atom. The number of halogens is 1. The van der Waals surface area contributed by atoms with Gasteiger partial charge in [0, 0.05) is 29.3 Å². The van der Waals surface area contributed by atoms with Gasteiger partial charge in [-0.2, -0.15) is 5.10 Å². The van der Waals surface area contributed by atoms with Gasteiger partial charge in [0.05, 0.1) is 0 Å². The number of carbonyl (C=O) groups is 1. The molecule has 0 saturated heterocycles. The van der Waals surface area contributed by atoms with Crippen LogP contribution >= 0.6 is 11.8 Å². The molecule has 0 aliphatic carbocycles. The number of thioether (sulfide) groups is 1. The van der Waals surface area contributed by atoms with E-state index in [0.717, 1.165) is 4.90 Å². The van der Waals surface area contributed by atoms with Gasteiger partial charge in [-0.3, -0.25) is 14.8 Å². The Hall–Kier alpha value is -2.68. The van der Waals surface area contributed by atoms with Crippen LogP contribution in [0.25, 0.3) is 11.6 Å². The first kappa shape index (κ1) is 18.1. The van der Waals surface area contributed by atoms with E-state index in [-0.39, 0.29) is 36.1 Å². The first-order chi connectivity index (χ1) is 12.5. The predicted molar refractivity (Wildman–Crippen MR) is 96.3 cm³/mol. The first-order valence-electron chi connectivity index (χ1n) is 8.08. The molecule has 0 atom stereocenters. The molecular formula is C17H18FN5O2S. The molecule has 0 fully saturated rings. The lowest BCUT2D eigenvalue weighted by Crippen LogP contribution is -2.12. The topological polar surface area (TPSA) is 85.8 Å². The van der Waals surface area contributed by atoms with Gasteiger partial charge in [-0.1, -0.05) is 5.10 Å². The molecule has 0 spiro atoms. The SMILES string of the molecule is CC(C)n1ccc(-c2nnc(NC(=O)CCSc3ccc(F)cc3)o2)n1. The average molecular weight is 375 g/mol. The summed E-state index contributed by atoms with van der Waals surface area (Å²) in [7, 11) is 0. The van der Waals surface area contributed by atoms with Crippen molar-refractivity contribution in [1.82, 2.24) is 20.0 Å². The van der Waals surface area contributed by atoms with E-state index < -0.39 is 0 Å². The lowest BCUT2D eigenvalue weighted by Gasteiger charge is -2.02. The van der Waals surface area contributed by atoms with E-state index >= 15 is 0 Å². The van der Waals surface area contributed by atoms with Crippen molar-refractivity contribution in [2.24, 2.45) is 0 Å². The molecule has 26 heavy (non-hydrogen) atoms. The Morgan fingerprint density at radius 1 is 1.27 bits per heavy atom. The fourth-order valence-corrected chi connectivity index (χ4v) is 2.94. The second-order valence-corrected chi connectivity index (χ2v) is 6.96. The Labute approximate surface area is 154 Å². The molecule has 0 bridgehead atoms. The summed E-state index contributed by atoms with van der Waals surface area (Å²) in [6.07, 6.45) is 2.09. The van der Waals surface area contributed by atoms with Gasteiger partial charge in [0.1, 0.15) is 11.5 Å². The van der Waals surface area contributed by atoms with Gasteiger partial charge in [0.25, 0.3) is 5.89 Å². The van der Waals surface area contributed by atoms with Gasteiger partial charge in [0.15, 0.2) is 0 Å². The first-order valence-corrected chi connectivity index (χ1v) is 9.07. The van der Waals surface area contributed by atoms with Crippen molar-refractivity contribution in [2.75, 3.05) is 11.1 Å². The summed E-state index contributed by atoms with van der Waals surface area (Å²) < 4.78 is 20.1. The zero-order valence-corrected chi connectivity index (χ0v) is 15.2. The van der Waals surface area contributed by atoms with Crippen LogP contribution in [0.5, 0.6) is 0 Å². The van der Waals surface area contributed by atoms with Crippen LogP contribution in [-0.4, -0.2) is 31.6 Å². The molecule has 0 radical (unpaired) electrons. The van der Waals surface area contributed by atoms with Crippen LogP contribution in [0.1, 0.15) is 26.3 Å². The van der Waals surface area contributed by atoms with Crippen LogP contribution < -0.4 is 5.32 Å². The number of hydrogen-bond acceptors (Lipinski definition) is 6. The summed E-state index contributed by atoms with van der Waals surface area (Å²) in [5, 5.41) is 14.6. The fraction of sp³-hybridized carbons (Fsp3) is 0.294. The van der Waals surface area contributed by atoms with Crippen molar-refractivity contribution in [2.45, 2.75) is 31.2 Å². The Kier molecular flexibility index (Phi) is 5.67. The minimum Gasteiger partial charge on any atom is -0.401 e. The molecule has 9 heteroatoms. The maximum absolute atomic E-state index is 12.8. The standard InChI is InChI=1S/C17H18FN5O2S/c1-11(2)23-9-7-14(22-23)16-20-21-17(25-16)19-15(24)8-10-26-13-5-3-12(18)4-6-13/h3-7,9,11H,8,10H2,1-2H3,(H,19,21,24). The van der Waals surface area contributed by atoms with Crippen LogP contribution in [0.3, 0.4) is 0 Å². The number of amides is 1. The summed E-state index contributed by atoms with van der Waals surface area (Å²) >= 11 is 1.47. The highest BCUT2D eigenvalue weighted by Crippen LogP contribution is 2.21. The van der Waals surface area contributed by atoms with Gasteiger partial charge in [-0.15, -0.1) is 16.9 Å². The molecule has 0 aliphatic heterocycles. The highest BCUT2D eigenvalue weighted by atomic mass is 32.2. The highest BCUT2D eigenvalue weighted by Gasteiger charge is 2.14. The number of carbonyl (C=O) groups excluding carboxylic acids is 1. The fourth-order valence-electron chi connectivity index (χ4n) is 2.09. The number of nitrogens with zero attached hydrogens (tertiary/aromatic N) is 4. The average Bonchev–Trinajstić information content (AvgIpc) is 3.26. The Balaban J connectivity index is 1.50. The molecule has 2 aromatic heterocycles. The molecule has 7 nitrogen and oxygen atoms in total. The van der Waals surface area contributed by atoms with Crippen LogP contribution in [-0.2, 0) is 4.79 Å². The molecule has 1 aromatic carbocycles. The maximum Gasteiger partial charge on any atom is 0.322 e. The van der Waals surface area contributed by atoms with E-state index in [1.807, 2.05) is 20.0 Å². The summed E-state index contributed by atoms with van der Waals surface area (Å²) in [6.45, 7) is 4.03. The number of rotatable bonds is 7. The van der Waals surface area contributed by atoms with E-state index in [4.69, 9.17) is 4.42 Å². The monoisotopic (exact) mass is 375 g/mol. The van der Waals surface area contributed by atoms with E-state index in [0.29, 0.717) is 11.4 Å². The number of aromatic nitrogens is 4. The van der Waals surface area contributed by atoms with E-state index in [2.05, 4.69) is 20.6 Å². The van der Waals surface area contributed by atoms with E-state index in [1.54, 1.807) is 22.9 Å². The molecule has 2 heterocycles. The molecular weight excluding hydrogens is 357 g/mol. The smallest absolute Gasteiger partial charge is 0.322 e. The quantitative estimate of drug-likeness (QED) is 0.633. The Bertz CT molecular complexity index is 875. The van der Waals surface area contributed by atoms with Gasteiger partial charge < -0.3 is 4.42 Å². The number of benzene rings is 1. The van der Waals surface area contributed by atoms with Crippen molar-refractivity contribution < 1.29 is 13.6 Å². The van der Waals surface area contributed by atoms with E-state index in [1.165, 1.54) is 23.9 Å². The van der Waals surface area contributed by atoms with Gasteiger partial charge in [-0.25, -0.2) is 4.39 Å². The Morgan fingerprint density at radius 3 is 2.73 bits per heavy atom. The molecule has 3 aromatic rings. The van der Waals surface area contributed by atoms with Crippen molar-refractivity contribution in [3.8, 4) is 11.6 Å². The van der Waals surface area contributed by atoms with Gasteiger partial charge in [-0.05, 0) is 44.2 Å². The third-order valence-corrected chi connectivity index (χ3v) is 4.45. The minimum atomic E-state index is -0.280. The third-order valence-electron chi connectivity index (χ3n) is 3.44. The summed E-state index contributed by atoms with van der Waals surface area (Å²) in [6, 6.07) is 8.18. The van der Waals surface area contributed by atoms with Gasteiger partial charge >= 0.3 is 6.01 Å². The lowest BCUT2D eigenvalue weighted by atomic mass is 10.4. The molecule has 0 saturated carbocycles. The number of hydrogen-bond donors (Lipinski definition) is 1. The summed E-state index contributed by atoms with van der Waals surface area (Å²) in [4.78, 5) is 12.9. The van der Waals surface area contributed by atoms with Crippen molar-refractivity contribution in [3.63, 3.8) is 0 Å².